The van der Waals surface area contributed by atoms with E-state index in [0.29, 0.717) is 19.8 Å². The van der Waals surface area contributed by atoms with E-state index >= 15 is 0 Å². The summed E-state index contributed by atoms with van der Waals surface area (Å²) in [5.41, 5.74) is -0.513. The van der Waals surface area contributed by atoms with Crippen molar-refractivity contribution in [3.63, 3.8) is 0 Å². The molecule has 0 radical (unpaired) electrons. The van der Waals surface area contributed by atoms with Crippen LogP contribution in [0.25, 0.3) is 0 Å². The van der Waals surface area contributed by atoms with Gasteiger partial charge in [0.1, 0.15) is 5.54 Å². The van der Waals surface area contributed by atoms with Crippen LogP contribution in [-0.2, 0) is 19.0 Å². The monoisotopic (exact) mass is 301 g/mol. The van der Waals surface area contributed by atoms with Crippen LogP contribution in [0.3, 0.4) is 0 Å². The molecule has 5 heteroatoms. The van der Waals surface area contributed by atoms with Gasteiger partial charge in [-0.2, -0.15) is 0 Å². The third-order valence-corrected chi connectivity index (χ3v) is 4.15. The molecule has 5 nitrogen and oxygen atoms in total. The second-order valence-corrected chi connectivity index (χ2v) is 5.90. The Morgan fingerprint density at radius 2 is 2.10 bits per heavy atom. The molecule has 0 bridgehead atoms. The summed E-state index contributed by atoms with van der Waals surface area (Å²) in [6, 6.07) is 0. The quantitative estimate of drug-likeness (QED) is 0.495. The van der Waals surface area contributed by atoms with E-state index in [2.05, 4.69) is 5.32 Å². The lowest BCUT2D eigenvalue weighted by Gasteiger charge is -2.33. The first-order chi connectivity index (χ1) is 10.1. The van der Waals surface area contributed by atoms with Gasteiger partial charge in [-0.25, -0.2) is 0 Å². The van der Waals surface area contributed by atoms with Crippen LogP contribution < -0.4 is 5.32 Å². The Bertz CT molecular complexity index is 309. The third kappa shape index (κ3) is 5.24. The molecule has 1 N–H and O–H groups in total. The minimum Gasteiger partial charge on any atom is -0.468 e. The summed E-state index contributed by atoms with van der Waals surface area (Å²) in [4.78, 5) is 12.2. The summed E-state index contributed by atoms with van der Waals surface area (Å²) in [7, 11) is 1.47. The smallest absolute Gasteiger partial charge is 0.326 e. The van der Waals surface area contributed by atoms with Gasteiger partial charge in [0.2, 0.25) is 0 Å². The van der Waals surface area contributed by atoms with E-state index in [9.17, 15) is 4.79 Å². The Morgan fingerprint density at radius 1 is 1.33 bits per heavy atom. The van der Waals surface area contributed by atoms with Crippen LogP contribution in [0.2, 0.25) is 0 Å². The number of carbonyl (C=O) groups excluding carboxylic acids is 1. The normalized spacial score (nSPS) is 25.5. The Balaban J connectivity index is 2.39. The van der Waals surface area contributed by atoms with Gasteiger partial charge in [-0.1, -0.05) is 13.3 Å². The summed E-state index contributed by atoms with van der Waals surface area (Å²) < 4.78 is 16.1. The van der Waals surface area contributed by atoms with Crippen LogP contribution in [0.5, 0.6) is 0 Å². The largest absolute Gasteiger partial charge is 0.468 e. The minimum atomic E-state index is -0.513. The molecule has 0 aliphatic heterocycles. The number of ether oxygens (including phenoxy) is 3. The Hall–Kier alpha value is -0.650. The Morgan fingerprint density at radius 3 is 2.71 bits per heavy atom. The predicted octanol–water partition coefficient (Wildman–Crippen LogP) is 2.14. The van der Waals surface area contributed by atoms with Crippen molar-refractivity contribution < 1.29 is 19.0 Å². The highest BCUT2D eigenvalue weighted by Gasteiger charge is 2.48. The zero-order valence-electron chi connectivity index (χ0n) is 13.9. The van der Waals surface area contributed by atoms with Crippen molar-refractivity contribution >= 4 is 5.97 Å². The van der Waals surface area contributed by atoms with Crippen LogP contribution in [0.1, 0.15) is 46.5 Å². The molecule has 0 spiro atoms. The fourth-order valence-corrected chi connectivity index (χ4v) is 3.21. The summed E-state index contributed by atoms with van der Waals surface area (Å²) in [5.74, 6) is 0.158. The first kappa shape index (κ1) is 18.4. The summed E-state index contributed by atoms with van der Waals surface area (Å²) >= 11 is 0. The second-order valence-electron chi connectivity index (χ2n) is 5.90. The maximum Gasteiger partial charge on any atom is 0.326 e. The first-order valence-corrected chi connectivity index (χ1v) is 8.09. The van der Waals surface area contributed by atoms with Crippen LogP contribution in [0.4, 0.5) is 0 Å². The van der Waals surface area contributed by atoms with Gasteiger partial charge in [0.05, 0.1) is 26.4 Å². The van der Waals surface area contributed by atoms with Crippen molar-refractivity contribution in [2.75, 3.05) is 33.5 Å². The topological polar surface area (TPSA) is 56.8 Å². The highest BCUT2D eigenvalue weighted by atomic mass is 16.5. The summed E-state index contributed by atoms with van der Waals surface area (Å²) in [5, 5.41) is 3.37. The summed E-state index contributed by atoms with van der Waals surface area (Å²) in [6.07, 6.45) is 4.08. The first-order valence-electron chi connectivity index (χ1n) is 8.09. The number of methoxy groups -OCH3 is 1. The van der Waals surface area contributed by atoms with Gasteiger partial charge in [0, 0.05) is 6.61 Å². The van der Waals surface area contributed by atoms with Crippen molar-refractivity contribution in [2.45, 2.75) is 58.1 Å². The third-order valence-electron chi connectivity index (χ3n) is 4.15. The minimum absolute atomic E-state index is 0.130. The molecule has 0 aromatic carbocycles. The number of carbonyl (C=O) groups is 1. The molecule has 0 aromatic heterocycles. The van der Waals surface area contributed by atoms with E-state index in [1.54, 1.807) is 0 Å². The number of esters is 1. The van der Waals surface area contributed by atoms with E-state index in [-0.39, 0.29) is 18.0 Å². The van der Waals surface area contributed by atoms with Gasteiger partial charge in [0.15, 0.2) is 0 Å². The second kappa shape index (κ2) is 9.38. The van der Waals surface area contributed by atoms with Crippen molar-refractivity contribution in [1.29, 1.82) is 0 Å². The molecule has 1 aliphatic carbocycles. The lowest BCUT2D eigenvalue weighted by atomic mass is 9.84. The molecule has 1 fully saturated rings. The van der Waals surface area contributed by atoms with E-state index in [1.165, 1.54) is 7.11 Å². The number of likely N-dealkylation sites (N-methyl/N-ethyl adjacent to an activating group) is 1. The van der Waals surface area contributed by atoms with Gasteiger partial charge < -0.3 is 19.5 Å². The van der Waals surface area contributed by atoms with Gasteiger partial charge in [-0.3, -0.25) is 4.79 Å². The standard InChI is InChI=1S/C16H31NO4/c1-5-17-16(15(18)19-4)9-6-7-14(16)8-10-20-11-12-21-13(2)3/h13-14,17H,5-12H2,1-4H3. The zero-order chi connectivity index (χ0) is 15.7. The van der Waals surface area contributed by atoms with E-state index < -0.39 is 5.54 Å². The van der Waals surface area contributed by atoms with Crippen molar-refractivity contribution in [2.24, 2.45) is 5.92 Å². The summed E-state index contributed by atoms with van der Waals surface area (Å²) in [6.45, 7) is 8.72. The van der Waals surface area contributed by atoms with Crippen LogP contribution >= 0.6 is 0 Å². The molecule has 2 unspecified atom stereocenters. The molecule has 124 valence electrons. The van der Waals surface area contributed by atoms with Gasteiger partial charge in [0.25, 0.3) is 0 Å². The molecular weight excluding hydrogens is 270 g/mol. The molecular formula is C16H31NO4. The van der Waals surface area contributed by atoms with Crippen LogP contribution in [0, 0.1) is 5.92 Å². The van der Waals surface area contributed by atoms with Crippen molar-refractivity contribution in [3.8, 4) is 0 Å². The average Bonchev–Trinajstić information content (AvgIpc) is 2.86. The number of hydrogen-bond acceptors (Lipinski definition) is 5. The van der Waals surface area contributed by atoms with Crippen molar-refractivity contribution in [3.05, 3.63) is 0 Å². The van der Waals surface area contributed by atoms with E-state index in [4.69, 9.17) is 14.2 Å². The molecule has 0 aromatic rings. The Labute approximate surface area is 128 Å². The zero-order valence-corrected chi connectivity index (χ0v) is 13.9. The molecule has 0 saturated heterocycles. The highest BCUT2D eigenvalue weighted by Crippen LogP contribution is 2.38. The van der Waals surface area contributed by atoms with Gasteiger partial charge in [-0.05, 0) is 45.6 Å². The van der Waals surface area contributed by atoms with Gasteiger partial charge >= 0.3 is 5.97 Å². The lowest BCUT2D eigenvalue weighted by Crippen LogP contribution is -2.55. The Kier molecular flexibility index (Phi) is 8.22. The number of rotatable bonds is 10. The molecule has 21 heavy (non-hydrogen) atoms. The molecule has 0 amide bonds. The molecule has 1 saturated carbocycles. The average molecular weight is 301 g/mol. The van der Waals surface area contributed by atoms with E-state index in [1.807, 2.05) is 20.8 Å². The number of nitrogens with one attached hydrogen (secondary N) is 1. The van der Waals surface area contributed by atoms with Crippen LogP contribution in [-0.4, -0.2) is 51.1 Å². The van der Waals surface area contributed by atoms with Gasteiger partial charge in [-0.15, -0.1) is 0 Å². The molecule has 2 atom stereocenters. The van der Waals surface area contributed by atoms with E-state index in [0.717, 1.165) is 32.2 Å². The van der Waals surface area contributed by atoms with Crippen LogP contribution in [0.15, 0.2) is 0 Å². The lowest BCUT2D eigenvalue weighted by molar-refractivity contribution is -0.150. The highest BCUT2D eigenvalue weighted by molar-refractivity contribution is 5.81. The predicted molar refractivity (Wildman–Crippen MR) is 82.3 cm³/mol. The fraction of sp³-hybridized carbons (Fsp3) is 0.938. The van der Waals surface area contributed by atoms with Crippen molar-refractivity contribution in [1.82, 2.24) is 5.32 Å². The maximum atomic E-state index is 12.2. The molecule has 1 rings (SSSR count). The molecule has 1 aliphatic rings. The SMILES string of the molecule is CCNC1(C(=O)OC)CCCC1CCOCCOC(C)C. The number of hydrogen-bond donors (Lipinski definition) is 1. The fourth-order valence-electron chi connectivity index (χ4n) is 3.21. The molecule has 0 heterocycles. The maximum absolute atomic E-state index is 12.2.